The minimum atomic E-state index is -0.618. The van der Waals surface area contributed by atoms with Crippen LogP contribution in [-0.4, -0.2) is 17.1 Å². The van der Waals surface area contributed by atoms with E-state index in [1.54, 1.807) is 0 Å². The number of benzene rings is 1. The molecule has 1 aromatic heterocycles. The molecular formula is C14H12ClNO3. The predicted octanol–water partition coefficient (Wildman–Crippen LogP) is 2.32. The van der Waals surface area contributed by atoms with E-state index in [1.807, 2.05) is 24.3 Å². The van der Waals surface area contributed by atoms with Crippen LogP contribution in [0.25, 0.3) is 0 Å². The molecule has 19 heavy (non-hydrogen) atoms. The van der Waals surface area contributed by atoms with Crippen molar-refractivity contribution in [3.8, 4) is 0 Å². The van der Waals surface area contributed by atoms with E-state index in [0.29, 0.717) is 6.42 Å². The molecule has 1 amide bonds. The molecule has 0 unspecified atom stereocenters. The summed E-state index contributed by atoms with van der Waals surface area (Å²) in [5.41, 5.74) is 2.28. The molecule has 2 atom stereocenters. The smallest absolute Gasteiger partial charge is 0.256 e. The third kappa shape index (κ3) is 2.13. The molecule has 0 saturated carbocycles. The second kappa shape index (κ2) is 4.72. The normalized spacial score (nSPS) is 21.2. The van der Waals surface area contributed by atoms with Gasteiger partial charge < -0.3 is 14.8 Å². The van der Waals surface area contributed by atoms with Crippen LogP contribution in [0.1, 0.15) is 27.5 Å². The summed E-state index contributed by atoms with van der Waals surface area (Å²) in [6.45, 7) is 0. The summed E-state index contributed by atoms with van der Waals surface area (Å²) >= 11 is 5.77. The number of halogens is 1. The molecule has 1 aliphatic rings. The molecule has 0 spiro atoms. The van der Waals surface area contributed by atoms with Crippen molar-refractivity contribution in [2.45, 2.75) is 18.6 Å². The zero-order chi connectivity index (χ0) is 13.4. The lowest BCUT2D eigenvalue weighted by molar-refractivity contribution is 0.0857. The lowest BCUT2D eigenvalue weighted by atomic mass is 10.1. The Morgan fingerprint density at radius 3 is 2.89 bits per heavy atom. The van der Waals surface area contributed by atoms with Gasteiger partial charge in [0.25, 0.3) is 5.91 Å². The monoisotopic (exact) mass is 277 g/mol. The number of aliphatic hydroxyl groups is 1. The Labute approximate surface area is 115 Å². The van der Waals surface area contributed by atoms with Gasteiger partial charge in [-0.1, -0.05) is 24.3 Å². The van der Waals surface area contributed by atoms with Crippen LogP contribution < -0.4 is 5.32 Å². The summed E-state index contributed by atoms with van der Waals surface area (Å²) in [5, 5.41) is 12.9. The molecule has 2 N–H and O–H groups in total. The maximum atomic E-state index is 12.1. The number of rotatable bonds is 2. The number of carbonyl (C=O) groups excluding carboxylic acids is 1. The number of hydrogen-bond donors (Lipinski definition) is 2. The number of carbonyl (C=O) groups is 1. The first kappa shape index (κ1) is 12.3. The predicted molar refractivity (Wildman–Crippen MR) is 70.1 cm³/mol. The van der Waals surface area contributed by atoms with Crippen LogP contribution in [0.5, 0.6) is 0 Å². The Morgan fingerprint density at radius 1 is 1.37 bits per heavy atom. The second-order valence-electron chi connectivity index (χ2n) is 4.53. The zero-order valence-electron chi connectivity index (χ0n) is 9.97. The molecule has 4 nitrogen and oxygen atoms in total. The molecule has 98 valence electrons. The van der Waals surface area contributed by atoms with Crippen molar-refractivity contribution in [2.24, 2.45) is 0 Å². The number of aliphatic hydroxyl groups excluding tert-OH is 1. The van der Waals surface area contributed by atoms with Gasteiger partial charge in [-0.25, -0.2) is 0 Å². The van der Waals surface area contributed by atoms with Crippen LogP contribution in [0.15, 0.2) is 41.0 Å². The summed E-state index contributed by atoms with van der Waals surface area (Å²) in [5.74, 6) is -0.348. The van der Waals surface area contributed by atoms with Crippen LogP contribution in [0.2, 0.25) is 5.22 Å². The van der Waals surface area contributed by atoms with Crippen molar-refractivity contribution in [2.75, 3.05) is 0 Å². The Bertz CT molecular complexity index is 623. The van der Waals surface area contributed by atoms with Crippen LogP contribution in [0.4, 0.5) is 0 Å². The van der Waals surface area contributed by atoms with Crippen molar-refractivity contribution in [1.29, 1.82) is 0 Å². The molecule has 1 aliphatic carbocycles. The van der Waals surface area contributed by atoms with E-state index in [2.05, 4.69) is 5.32 Å². The number of fused-ring (bicyclic) bond motifs is 1. The van der Waals surface area contributed by atoms with E-state index in [1.165, 1.54) is 12.3 Å². The Hall–Kier alpha value is -1.78. The van der Waals surface area contributed by atoms with Crippen molar-refractivity contribution < 1.29 is 14.3 Å². The van der Waals surface area contributed by atoms with E-state index in [-0.39, 0.29) is 16.7 Å². The lowest BCUT2D eigenvalue weighted by Crippen LogP contribution is -2.33. The molecule has 0 radical (unpaired) electrons. The van der Waals surface area contributed by atoms with E-state index in [0.717, 1.165) is 11.1 Å². The number of hydrogen-bond acceptors (Lipinski definition) is 3. The highest BCUT2D eigenvalue weighted by atomic mass is 35.5. The fourth-order valence-corrected chi connectivity index (χ4v) is 2.62. The fourth-order valence-electron chi connectivity index (χ4n) is 2.42. The molecule has 0 bridgehead atoms. The first-order valence-corrected chi connectivity index (χ1v) is 6.34. The van der Waals surface area contributed by atoms with Gasteiger partial charge in [0.15, 0.2) is 0 Å². The Kier molecular flexibility index (Phi) is 3.05. The largest absolute Gasteiger partial charge is 0.452 e. The molecule has 5 heteroatoms. The quantitative estimate of drug-likeness (QED) is 0.885. The van der Waals surface area contributed by atoms with Gasteiger partial charge in [0.05, 0.1) is 24.0 Å². The van der Waals surface area contributed by atoms with Gasteiger partial charge in [-0.3, -0.25) is 4.79 Å². The summed E-state index contributed by atoms with van der Waals surface area (Å²) in [6.07, 6.45) is 1.28. The summed E-state index contributed by atoms with van der Waals surface area (Å²) in [7, 11) is 0. The van der Waals surface area contributed by atoms with Crippen LogP contribution in [0.3, 0.4) is 0 Å². The molecule has 0 fully saturated rings. The molecular weight excluding hydrogens is 266 g/mol. The Morgan fingerprint density at radius 2 is 2.16 bits per heavy atom. The third-order valence-electron chi connectivity index (χ3n) is 3.35. The fraction of sp³-hybridized carbons (Fsp3) is 0.214. The molecule has 3 rings (SSSR count). The summed E-state index contributed by atoms with van der Waals surface area (Å²) in [4.78, 5) is 12.1. The minimum absolute atomic E-state index is 0.0540. The van der Waals surface area contributed by atoms with Gasteiger partial charge in [-0.15, -0.1) is 0 Å². The average molecular weight is 278 g/mol. The number of nitrogens with one attached hydrogen (secondary N) is 1. The zero-order valence-corrected chi connectivity index (χ0v) is 10.7. The number of furan rings is 1. The highest BCUT2D eigenvalue weighted by Crippen LogP contribution is 2.31. The van der Waals surface area contributed by atoms with Crippen molar-refractivity contribution in [3.63, 3.8) is 0 Å². The standard InChI is InChI=1S/C14H12ClNO3/c15-13-10(5-6-19-13)14(18)16-12-9-4-2-1-3-8(9)7-11(12)17/h1-6,11-12,17H,7H2,(H,16,18)/t11-,12+/m1/s1. The van der Waals surface area contributed by atoms with E-state index in [9.17, 15) is 9.90 Å². The summed E-state index contributed by atoms with van der Waals surface area (Å²) in [6, 6.07) is 8.77. The highest BCUT2D eigenvalue weighted by Gasteiger charge is 2.32. The Balaban J connectivity index is 1.84. The van der Waals surface area contributed by atoms with Crippen LogP contribution in [-0.2, 0) is 6.42 Å². The maximum Gasteiger partial charge on any atom is 0.256 e. The van der Waals surface area contributed by atoms with Crippen molar-refractivity contribution in [1.82, 2.24) is 5.32 Å². The average Bonchev–Trinajstić information content (AvgIpc) is 2.94. The summed E-state index contributed by atoms with van der Waals surface area (Å²) < 4.78 is 4.89. The molecule has 1 heterocycles. The van der Waals surface area contributed by atoms with Gasteiger partial charge in [-0.2, -0.15) is 0 Å². The van der Waals surface area contributed by atoms with Gasteiger partial charge in [0.1, 0.15) is 0 Å². The molecule has 0 saturated heterocycles. The lowest BCUT2D eigenvalue weighted by Gasteiger charge is -2.17. The van der Waals surface area contributed by atoms with Crippen molar-refractivity contribution >= 4 is 17.5 Å². The first-order valence-electron chi connectivity index (χ1n) is 5.96. The van der Waals surface area contributed by atoms with E-state index >= 15 is 0 Å². The SMILES string of the molecule is O=C(N[C@H]1c2ccccc2C[C@H]1O)c1ccoc1Cl. The van der Waals surface area contributed by atoms with Gasteiger partial charge in [-0.05, 0) is 28.8 Å². The first-order chi connectivity index (χ1) is 9.16. The minimum Gasteiger partial charge on any atom is -0.452 e. The van der Waals surface area contributed by atoms with Gasteiger partial charge in [0, 0.05) is 6.42 Å². The van der Waals surface area contributed by atoms with Crippen molar-refractivity contribution in [3.05, 3.63) is 58.5 Å². The molecule has 0 aliphatic heterocycles. The van der Waals surface area contributed by atoms with Crippen LogP contribution >= 0.6 is 11.6 Å². The van der Waals surface area contributed by atoms with Gasteiger partial charge >= 0.3 is 0 Å². The maximum absolute atomic E-state index is 12.1. The number of amides is 1. The van der Waals surface area contributed by atoms with Gasteiger partial charge in [0.2, 0.25) is 5.22 Å². The van der Waals surface area contributed by atoms with E-state index in [4.69, 9.17) is 16.0 Å². The van der Waals surface area contributed by atoms with Crippen LogP contribution in [0, 0.1) is 0 Å². The van der Waals surface area contributed by atoms with E-state index < -0.39 is 12.1 Å². The third-order valence-corrected chi connectivity index (χ3v) is 3.65. The second-order valence-corrected chi connectivity index (χ2v) is 4.87. The topological polar surface area (TPSA) is 62.5 Å². The molecule has 1 aromatic carbocycles. The highest BCUT2D eigenvalue weighted by molar-refractivity contribution is 6.32. The molecule has 2 aromatic rings.